The van der Waals surface area contributed by atoms with E-state index >= 15 is 0 Å². The Kier molecular flexibility index (Phi) is 3.02. The molecule has 0 saturated heterocycles. The zero-order valence-corrected chi connectivity index (χ0v) is 9.21. The van der Waals surface area contributed by atoms with Crippen molar-refractivity contribution in [1.29, 1.82) is 0 Å². The van der Waals surface area contributed by atoms with E-state index in [1.54, 1.807) is 0 Å². The summed E-state index contributed by atoms with van der Waals surface area (Å²) >= 11 is 0. The standard InChI is InChI=1S/C11H20O3/c1-10(2,3)8-5-4-6-9(13)11(8,14)7-12/h8,12,14H,4-7H2,1-3H3/t8-,11-/m0/s1. The number of aliphatic hydroxyl groups is 2. The largest absolute Gasteiger partial charge is 0.393 e. The molecule has 3 heteroatoms. The first-order valence-corrected chi connectivity index (χ1v) is 5.19. The number of carbonyl (C=O) groups is 1. The number of rotatable bonds is 1. The lowest BCUT2D eigenvalue weighted by molar-refractivity contribution is -0.162. The van der Waals surface area contributed by atoms with Crippen LogP contribution >= 0.6 is 0 Å². The van der Waals surface area contributed by atoms with Gasteiger partial charge in [0, 0.05) is 12.3 Å². The smallest absolute Gasteiger partial charge is 0.167 e. The molecule has 82 valence electrons. The van der Waals surface area contributed by atoms with Gasteiger partial charge >= 0.3 is 0 Å². The van der Waals surface area contributed by atoms with E-state index in [-0.39, 0.29) is 17.1 Å². The van der Waals surface area contributed by atoms with Gasteiger partial charge in [-0.3, -0.25) is 4.79 Å². The molecule has 1 aliphatic carbocycles. The molecule has 0 radical (unpaired) electrons. The lowest BCUT2D eigenvalue weighted by Gasteiger charge is -2.44. The predicted octanol–water partition coefficient (Wildman–Crippen LogP) is 1.13. The van der Waals surface area contributed by atoms with E-state index in [0.717, 1.165) is 12.8 Å². The predicted molar refractivity (Wildman–Crippen MR) is 53.8 cm³/mol. The van der Waals surface area contributed by atoms with Gasteiger partial charge in [0.2, 0.25) is 0 Å². The Morgan fingerprint density at radius 2 is 2.07 bits per heavy atom. The molecule has 0 aromatic rings. The fourth-order valence-electron chi connectivity index (χ4n) is 2.46. The molecule has 0 bridgehead atoms. The van der Waals surface area contributed by atoms with Crippen LogP contribution in [0.3, 0.4) is 0 Å². The summed E-state index contributed by atoms with van der Waals surface area (Å²) in [5.74, 6) is -0.340. The zero-order chi connectivity index (χ0) is 11.0. The highest BCUT2D eigenvalue weighted by Gasteiger charge is 2.49. The highest BCUT2D eigenvalue weighted by molar-refractivity contribution is 5.88. The summed E-state index contributed by atoms with van der Waals surface area (Å²) in [7, 11) is 0. The molecule has 0 aromatic carbocycles. The minimum absolute atomic E-state index is 0.138. The average Bonchev–Trinajstić information content (AvgIpc) is 2.08. The first kappa shape index (κ1) is 11.7. The van der Waals surface area contributed by atoms with Crippen molar-refractivity contribution in [3.63, 3.8) is 0 Å². The fourth-order valence-corrected chi connectivity index (χ4v) is 2.46. The van der Waals surface area contributed by atoms with Gasteiger partial charge in [-0.25, -0.2) is 0 Å². The molecule has 0 heterocycles. The molecule has 1 saturated carbocycles. The van der Waals surface area contributed by atoms with Gasteiger partial charge in [0.1, 0.15) is 5.60 Å². The molecule has 0 spiro atoms. The zero-order valence-electron chi connectivity index (χ0n) is 9.21. The molecule has 1 aliphatic rings. The number of hydrogen-bond donors (Lipinski definition) is 2. The van der Waals surface area contributed by atoms with Crippen LogP contribution in [0.5, 0.6) is 0 Å². The quantitative estimate of drug-likeness (QED) is 0.667. The lowest BCUT2D eigenvalue weighted by atomic mass is 9.63. The maximum absolute atomic E-state index is 11.6. The second kappa shape index (κ2) is 3.63. The maximum Gasteiger partial charge on any atom is 0.167 e. The monoisotopic (exact) mass is 200 g/mol. The summed E-state index contributed by atoms with van der Waals surface area (Å²) in [5.41, 5.74) is -1.65. The van der Waals surface area contributed by atoms with E-state index in [1.807, 2.05) is 20.8 Å². The third-order valence-electron chi connectivity index (χ3n) is 3.24. The van der Waals surface area contributed by atoms with Crippen LogP contribution in [0.4, 0.5) is 0 Å². The Balaban J connectivity index is 2.98. The van der Waals surface area contributed by atoms with Gasteiger partial charge in [-0.2, -0.15) is 0 Å². The Morgan fingerprint density at radius 1 is 1.50 bits per heavy atom. The second-order valence-corrected chi connectivity index (χ2v) is 5.32. The van der Waals surface area contributed by atoms with E-state index in [0.29, 0.717) is 6.42 Å². The number of carbonyl (C=O) groups excluding carboxylic acids is 1. The van der Waals surface area contributed by atoms with Gasteiger partial charge in [-0.15, -0.1) is 0 Å². The molecule has 0 unspecified atom stereocenters. The molecule has 2 atom stereocenters. The van der Waals surface area contributed by atoms with Gasteiger partial charge in [0.05, 0.1) is 6.61 Å². The molecule has 14 heavy (non-hydrogen) atoms. The van der Waals surface area contributed by atoms with Gasteiger partial charge in [-0.1, -0.05) is 20.8 Å². The van der Waals surface area contributed by atoms with Crippen molar-refractivity contribution < 1.29 is 15.0 Å². The fraction of sp³-hybridized carbons (Fsp3) is 0.909. The van der Waals surface area contributed by atoms with Crippen molar-refractivity contribution in [3.8, 4) is 0 Å². The molecule has 0 aliphatic heterocycles. The molecule has 1 fully saturated rings. The van der Waals surface area contributed by atoms with Gasteiger partial charge in [-0.05, 0) is 18.3 Å². The van der Waals surface area contributed by atoms with Crippen molar-refractivity contribution in [1.82, 2.24) is 0 Å². The van der Waals surface area contributed by atoms with Crippen molar-refractivity contribution >= 4 is 5.78 Å². The third kappa shape index (κ3) is 1.84. The van der Waals surface area contributed by atoms with Crippen LogP contribution < -0.4 is 0 Å². The van der Waals surface area contributed by atoms with Crippen LogP contribution in [0, 0.1) is 11.3 Å². The Morgan fingerprint density at radius 3 is 2.43 bits per heavy atom. The molecule has 1 rings (SSSR count). The first-order valence-electron chi connectivity index (χ1n) is 5.19. The molecule has 0 aromatic heterocycles. The number of aliphatic hydroxyl groups excluding tert-OH is 1. The topological polar surface area (TPSA) is 57.5 Å². The van der Waals surface area contributed by atoms with Crippen LogP contribution in [0.2, 0.25) is 0 Å². The first-order chi connectivity index (χ1) is 6.32. The van der Waals surface area contributed by atoms with E-state index in [9.17, 15) is 15.0 Å². The lowest BCUT2D eigenvalue weighted by Crippen LogP contribution is -2.55. The van der Waals surface area contributed by atoms with Crippen LogP contribution in [0.25, 0.3) is 0 Å². The van der Waals surface area contributed by atoms with Crippen molar-refractivity contribution in [2.24, 2.45) is 11.3 Å². The number of Topliss-reactive ketones (excluding diaryl/α,β-unsaturated/α-hetero) is 1. The van der Waals surface area contributed by atoms with E-state index in [2.05, 4.69) is 0 Å². The van der Waals surface area contributed by atoms with Crippen molar-refractivity contribution in [2.45, 2.75) is 45.6 Å². The van der Waals surface area contributed by atoms with Gasteiger partial charge in [0.15, 0.2) is 5.78 Å². The van der Waals surface area contributed by atoms with E-state index in [4.69, 9.17) is 0 Å². The van der Waals surface area contributed by atoms with E-state index in [1.165, 1.54) is 0 Å². The van der Waals surface area contributed by atoms with Crippen LogP contribution in [0.15, 0.2) is 0 Å². The van der Waals surface area contributed by atoms with Gasteiger partial charge < -0.3 is 10.2 Å². The molecular formula is C11H20O3. The van der Waals surface area contributed by atoms with Crippen LogP contribution in [0.1, 0.15) is 40.0 Å². The summed E-state index contributed by atoms with van der Waals surface area (Å²) in [6.07, 6.45) is 2.03. The Labute approximate surface area is 85.1 Å². The maximum atomic E-state index is 11.6. The molecular weight excluding hydrogens is 180 g/mol. The normalized spacial score (nSPS) is 34.6. The summed E-state index contributed by atoms with van der Waals surface area (Å²) < 4.78 is 0. The third-order valence-corrected chi connectivity index (χ3v) is 3.24. The second-order valence-electron chi connectivity index (χ2n) is 5.32. The SMILES string of the molecule is CC(C)(C)[C@@H]1CCCC(=O)[C@]1(O)CO. The summed E-state index contributed by atoms with van der Waals surface area (Å²) in [4.78, 5) is 11.6. The minimum atomic E-state index is -1.50. The van der Waals surface area contributed by atoms with Crippen LogP contribution in [-0.2, 0) is 4.79 Å². The molecule has 3 nitrogen and oxygen atoms in total. The summed E-state index contributed by atoms with van der Waals surface area (Å²) in [5, 5.41) is 19.3. The van der Waals surface area contributed by atoms with E-state index < -0.39 is 12.2 Å². The Bertz CT molecular complexity index is 229. The van der Waals surface area contributed by atoms with Crippen LogP contribution in [-0.4, -0.2) is 28.2 Å². The minimum Gasteiger partial charge on any atom is -0.393 e. The summed E-state index contributed by atoms with van der Waals surface area (Å²) in [6, 6.07) is 0. The Hall–Kier alpha value is -0.410. The van der Waals surface area contributed by atoms with Crippen molar-refractivity contribution in [3.05, 3.63) is 0 Å². The average molecular weight is 200 g/mol. The highest BCUT2D eigenvalue weighted by Crippen LogP contribution is 2.42. The highest BCUT2D eigenvalue weighted by atomic mass is 16.3. The van der Waals surface area contributed by atoms with Crippen molar-refractivity contribution in [2.75, 3.05) is 6.61 Å². The van der Waals surface area contributed by atoms with Gasteiger partial charge in [0.25, 0.3) is 0 Å². The number of ketones is 1. The summed E-state index contributed by atoms with van der Waals surface area (Å²) in [6.45, 7) is 5.54. The molecule has 2 N–H and O–H groups in total. The molecule has 0 amide bonds. The number of hydrogen-bond acceptors (Lipinski definition) is 3.